The van der Waals surface area contributed by atoms with Crippen LogP contribution < -0.4 is 0 Å². The fraction of sp³-hybridized carbons (Fsp3) is 0.500. The summed E-state index contributed by atoms with van der Waals surface area (Å²) in [6.07, 6.45) is 4.49. The van der Waals surface area contributed by atoms with Crippen molar-refractivity contribution >= 4 is 11.8 Å². The lowest BCUT2D eigenvalue weighted by molar-refractivity contribution is 0.308. The summed E-state index contributed by atoms with van der Waals surface area (Å²) in [6, 6.07) is 8.46. The standard InChI is InChI=1S/C16H23NS/c1-4-12-17(13-5-2)14-6-7-15-8-10-16(18-3)11-9-15/h8-11H,4-5,12-14H2,1-3H3. The second kappa shape index (κ2) is 9.08. The molecule has 0 saturated heterocycles. The zero-order valence-electron chi connectivity index (χ0n) is 11.7. The number of rotatable bonds is 6. The van der Waals surface area contributed by atoms with Crippen molar-refractivity contribution in [3.8, 4) is 11.8 Å². The van der Waals surface area contributed by atoms with Crippen LogP contribution in [0.5, 0.6) is 0 Å². The van der Waals surface area contributed by atoms with Gasteiger partial charge in [-0.2, -0.15) is 0 Å². The van der Waals surface area contributed by atoms with Gasteiger partial charge in [-0.05, 0) is 56.5 Å². The molecule has 0 aliphatic carbocycles. The molecule has 0 unspecified atom stereocenters. The molecule has 1 rings (SSSR count). The topological polar surface area (TPSA) is 3.24 Å². The Hall–Kier alpha value is -0.910. The second-order valence-corrected chi connectivity index (χ2v) is 5.19. The van der Waals surface area contributed by atoms with E-state index in [1.165, 1.54) is 17.7 Å². The highest BCUT2D eigenvalue weighted by molar-refractivity contribution is 7.98. The second-order valence-electron chi connectivity index (χ2n) is 4.31. The maximum Gasteiger partial charge on any atom is 0.0605 e. The average Bonchev–Trinajstić information content (AvgIpc) is 2.40. The molecule has 0 N–H and O–H groups in total. The van der Waals surface area contributed by atoms with Gasteiger partial charge in [-0.1, -0.05) is 25.7 Å². The van der Waals surface area contributed by atoms with Crippen LogP contribution in [0.1, 0.15) is 32.3 Å². The summed E-state index contributed by atoms with van der Waals surface area (Å²) >= 11 is 1.76. The Labute approximate surface area is 116 Å². The summed E-state index contributed by atoms with van der Waals surface area (Å²) in [6.45, 7) is 7.61. The third kappa shape index (κ3) is 5.62. The first-order valence-corrected chi connectivity index (χ1v) is 7.87. The van der Waals surface area contributed by atoms with Gasteiger partial charge >= 0.3 is 0 Å². The van der Waals surface area contributed by atoms with E-state index in [1.54, 1.807) is 11.8 Å². The lowest BCUT2D eigenvalue weighted by Crippen LogP contribution is -2.25. The van der Waals surface area contributed by atoms with E-state index in [2.05, 4.69) is 61.1 Å². The third-order valence-corrected chi connectivity index (χ3v) is 3.45. The molecule has 0 radical (unpaired) electrons. The molecule has 0 bridgehead atoms. The quantitative estimate of drug-likeness (QED) is 0.565. The van der Waals surface area contributed by atoms with Crippen LogP contribution in [0.2, 0.25) is 0 Å². The molecule has 1 nitrogen and oxygen atoms in total. The van der Waals surface area contributed by atoms with Gasteiger partial charge in [-0.3, -0.25) is 4.90 Å². The third-order valence-electron chi connectivity index (χ3n) is 2.71. The van der Waals surface area contributed by atoms with Gasteiger partial charge in [0.2, 0.25) is 0 Å². The number of thioether (sulfide) groups is 1. The molecule has 0 spiro atoms. The number of hydrogen-bond acceptors (Lipinski definition) is 2. The Bertz CT molecular complexity index is 380. The first-order valence-electron chi connectivity index (χ1n) is 6.65. The lowest BCUT2D eigenvalue weighted by atomic mass is 10.2. The van der Waals surface area contributed by atoms with E-state index >= 15 is 0 Å². The fourth-order valence-corrected chi connectivity index (χ4v) is 2.24. The van der Waals surface area contributed by atoms with E-state index < -0.39 is 0 Å². The molecule has 98 valence electrons. The summed E-state index contributed by atoms with van der Waals surface area (Å²) in [5, 5.41) is 0. The molecule has 1 aromatic carbocycles. The summed E-state index contributed by atoms with van der Waals surface area (Å²) in [5.74, 6) is 6.52. The Morgan fingerprint density at radius 3 is 2.17 bits per heavy atom. The molecular weight excluding hydrogens is 238 g/mol. The summed E-state index contributed by atoms with van der Waals surface area (Å²) < 4.78 is 0. The van der Waals surface area contributed by atoms with Crippen molar-refractivity contribution in [2.24, 2.45) is 0 Å². The molecule has 0 aromatic heterocycles. The van der Waals surface area contributed by atoms with Crippen molar-refractivity contribution in [1.29, 1.82) is 0 Å². The van der Waals surface area contributed by atoms with E-state index in [0.717, 1.165) is 25.2 Å². The monoisotopic (exact) mass is 261 g/mol. The summed E-state index contributed by atoms with van der Waals surface area (Å²) in [7, 11) is 0. The molecule has 1 aromatic rings. The van der Waals surface area contributed by atoms with Gasteiger partial charge in [0.25, 0.3) is 0 Å². The molecular formula is C16H23NS. The number of benzene rings is 1. The zero-order valence-corrected chi connectivity index (χ0v) is 12.5. The minimum atomic E-state index is 0.881. The van der Waals surface area contributed by atoms with Crippen LogP contribution in [0.3, 0.4) is 0 Å². The van der Waals surface area contributed by atoms with Gasteiger partial charge in [-0.25, -0.2) is 0 Å². The van der Waals surface area contributed by atoms with Crippen LogP contribution in [0.4, 0.5) is 0 Å². The van der Waals surface area contributed by atoms with Crippen LogP contribution in [0.15, 0.2) is 29.2 Å². The van der Waals surface area contributed by atoms with Gasteiger partial charge in [0.1, 0.15) is 0 Å². The van der Waals surface area contributed by atoms with Crippen LogP contribution in [-0.4, -0.2) is 30.8 Å². The Kier molecular flexibility index (Phi) is 7.64. The van der Waals surface area contributed by atoms with Crippen molar-refractivity contribution < 1.29 is 0 Å². The van der Waals surface area contributed by atoms with Gasteiger partial charge in [-0.15, -0.1) is 11.8 Å². The Morgan fingerprint density at radius 2 is 1.67 bits per heavy atom. The Morgan fingerprint density at radius 1 is 1.06 bits per heavy atom. The normalized spacial score (nSPS) is 10.2. The summed E-state index contributed by atoms with van der Waals surface area (Å²) in [4.78, 5) is 3.71. The first kappa shape index (κ1) is 15.1. The van der Waals surface area contributed by atoms with Crippen LogP contribution in [0, 0.1) is 11.8 Å². The Balaban J connectivity index is 2.52. The van der Waals surface area contributed by atoms with Crippen molar-refractivity contribution in [3.05, 3.63) is 29.8 Å². The first-order chi connectivity index (χ1) is 8.80. The van der Waals surface area contributed by atoms with Gasteiger partial charge in [0, 0.05) is 10.5 Å². The van der Waals surface area contributed by atoms with Gasteiger partial charge in [0.15, 0.2) is 0 Å². The largest absolute Gasteiger partial charge is 0.292 e. The molecule has 2 heteroatoms. The van der Waals surface area contributed by atoms with Crippen molar-refractivity contribution in [2.75, 3.05) is 25.9 Å². The van der Waals surface area contributed by atoms with Gasteiger partial charge in [0.05, 0.1) is 6.54 Å². The minimum absolute atomic E-state index is 0.881. The fourth-order valence-electron chi connectivity index (χ4n) is 1.83. The van der Waals surface area contributed by atoms with Crippen LogP contribution in [0.25, 0.3) is 0 Å². The lowest BCUT2D eigenvalue weighted by Gasteiger charge is -2.17. The van der Waals surface area contributed by atoms with Crippen LogP contribution >= 0.6 is 11.8 Å². The molecule has 0 aliphatic rings. The van der Waals surface area contributed by atoms with E-state index in [4.69, 9.17) is 0 Å². The molecule has 0 saturated carbocycles. The maximum atomic E-state index is 3.28. The number of nitrogens with zero attached hydrogens (tertiary/aromatic N) is 1. The number of hydrogen-bond donors (Lipinski definition) is 0. The molecule has 0 atom stereocenters. The van der Waals surface area contributed by atoms with Crippen LogP contribution in [-0.2, 0) is 0 Å². The maximum absolute atomic E-state index is 3.28. The molecule has 0 aliphatic heterocycles. The predicted molar refractivity (Wildman–Crippen MR) is 82.1 cm³/mol. The van der Waals surface area contributed by atoms with Crippen molar-refractivity contribution in [3.63, 3.8) is 0 Å². The average molecular weight is 261 g/mol. The smallest absolute Gasteiger partial charge is 0.0605 e. The SMILES string of the molecule is CCCN(CC#Cc1ccc(SC)cc1)CCC. The van der Waals surface area contributed by atoms with Crippen molar-refractivity contribution in [1.82, 2.24) is 4.90 Å². The highest BCUT2D eigenvalue weighted by Crippen LogP contribution is 2.14. The van der Waals surface area contributed by atoms with E-state index in [9.17, 15) is 0 Å². The zero-order chi connectivity index (χ0) is 13.2. The van der Waals surface area contributed by atoms with Crippen molar-refractivity contribution in [2.45, 2.75) is 31.6 Å². The molecule has 18 heavy (non-hydrogen) atoms. The summed E-state index contributed by atoms with van der Waals surface area (Å²) in [5.41, 5.74) is 1.11. The highest BCUT2D eigenvalue weighted by Gasteiger charge is 1.98. The molecule has 0 fully saturated rings. The van der Waals surface area contributed by atoms with E-state index in [0.29, 0.717) is 0 Å². The molecule has 0 amide bonds. The van der Waals surface area contributed by atoms with Gasteiger partial charge < -0.3 is 0 Å². The van der Waals surface area contributed by atoms with E-state index in [1.807, 2.05) is 0 Å². The van der Waals surface area contributed by atoms with E-state index in [-0.39, 0.29) is 0 Å². The predicted octanol–water partition coefficient (Wildman–Crippen LogP) is 3.88. The minimum Gasteiger partial charge on any atom is -0.292 e. The highest BCUT2D eigenvalue weighted by atomic mass is 32.2. The molecule has 0 heterocycles.